The van der Waals surface area contributed by atoms with Crippen LogP contribution in [0.25, 0.3) is 0 Å². The number of carbonyl (C=O) groups is 2. The highest BCUT2D eigenvalue weighted by Crippen LogP contribution is 2.19. The Hall–Kier alpha value is -1.89. The minimum atomic E-state index is -0.0217. The maximum Gasteiger partial charge on any atom is 0.306 e. The Kier molecular flexibility index (Phi) is 37.2. The molecule has 1 aromatic heterocycles. The molecule has 0 fully saturated rings. The lowest BCUT2D eigenvalue weighted by atomic mass is 10.0. The first-order valence-corrected chi connectivity index (χ1v) is 24.5. The minimum absolute atomic E-state index is 0.0217. The molecular weight excluding hydrogens is 695 g/mol. The summed E-state index contributed by atoms with van der Waals surface area (Å²) in [6, 6.07) is 0. The van der Waals surface area contributed by atoms with Crippen LogP contribution in [0, 0.1) is 6.92 Å². The summed E-state index contributed by atoms with van der Waals surface area (Å²) in [6.45, 7) is 13.7. The molecule has 7 nitrogen and oxygen atoms in total. The Morgan fingerprint density at radius 3 is 1.50 bits per heavy atom. The van der Waals surface area contributed by atoms with Gasteiger partial charge in [-0.05, 0) is 90.8 Å². The van der Waals surface area contributed by atoms with Crippen molar-refractivity contribution in [3.8, 4) is 0 Å². The van der Waals surface area contributed by atoms with Crippen LogP contribution >= 0.6 is 0 Å². The smallest absolute Gasteiger partial charge is 0.306 e. The van der Waals surface area contributed by atoms with Crippen LogP contribution in [0.5, 0.6) is 0 Å². The lowest BCUT2D eigenvalue weighted by Crippen LogP contribution is -2.28. The third-order valence-corrected chi connectivity index (χ3v) is 11.6. The van der Waals surface area contributed by atoms with Gasteiger partial charge in [-0.2, -0.15) is 0 Å². The van der Waals surface area contributed by atoms with Crippen LogP contribution in [-0.2, 0) is 25.6 Å². The molecule has 0 atom stereocenters. The van der Waals surface area contributed by atoms with Crippen LogP contribution in [0.1, 0.15) is 245 Å². The van der Waals surface area contributed by atoms with Gasteiger partial charge >= 0.3 is 11.9 Å². The van der Waals surface area contributed by atoms with E-state index in [0.717, 1.165) is 89.8 Å². The SMILES string of the molecule is CCCCCCCCCCCOC(=O)CCCCCN(CCCCCCCC(=O)OC(CCCCCCCC)CCCCCCCC)CCCn1ccnc1C. The third-order valence-electron chi connectivity index (χ3n) is 11.6. The summed E-state index contributed by atoms with van der Waals surface area (Å²) in [7, 11) is 0. The summed E-state index contributed by atoms with van der Waals surface area (Å²) < 4.78 is 13.8. The molecule has 0 saturated carbocycles. The Balaban J connectivity index is 2.29. The molecule has 0 radical (unpaired) electrons. The highest BCUT2D eigenvalue weighted by Gasteiger charge is 2.14. The van der Waals surface area contributed by atoms with E-state index in [-0.39, 0.29) is 18.0 Å². The molecule has 0 aromatic carbocycles. The largest absolute Gasteiger partial charge is 0.466 e. The summed E-state index contributed by atoms with van der Waals surface area (Å²) in [4.78, 5) is 32.1. The number of carbonyl (C=O) groups excluding carboxylic acids is 2. The lowest BCUT2D eigenvalue weighted by Gasteiger charge is -2.22. The van der Waals surface area contributed by atoms with Crippen LogP contribution in [0.15, 0.2) is 12.4 Å². The van der Waals surface area contributed by atoms with Crippen LogP contribution in [-0.4, -0.2) is 58.7 Å². The molecule has 0 spiro atoms. The fourth-order valence-corrected chi connectivity index (χ4v) is 7.84. The van der Waals surface area contributed by atoms with Gasteiger partial charge in [-0.1, -0.05) is 162 Å². The average molecular weight is 788 g/mol. The first-order chi connectivity index (χ1) is 27.5. The van der Waals surface area contributed by atoms with Crippen molar-refractivity contribution in [2.75, 3.05) is 26.2 Å². The van der Waals surface area contributed by atoms with Crippen molar-refractivity contribution in [3.05, 3.63) is 18.2 Å². The van der Waals surface area contributed by atoms with Crippen molar-refractivity contribution in [3.63, 3.8) is 0 Å². The van der Waals surface area contributed by atoms with E-state index in [4.69, 9.17) is 9.47 Å². The fraction of sp³-hybridized carbons (Fsp3) is 0.898. The molecule has 0 saturated heterocycles. The van der Waals surface area contributed by atoms with Gasteiger partial charge in [0.2, 0.25) is 0 Å². The molecule has 328 valence electrons. The number of aromatic nitrogens is 2. The summed E-state index contributed by atoms with van der Waals surface area (Å²) in [5.74, 6) is 1.08. The quantitative estimate of drug-likeness (QED) is 0.0485. The molecule has 0 N–H and O–H groups in total. The van der Waals surface area contributed by atoms with Gasteiger partial charge < -0.3 is 18.9 Å². The van der Waals surface area contributed by atoms with Crippen LogP contribution in [0.3, 0.4) is 0 Å². The van der Waals surface area contributed by atoms with Crippen molar-refractivity contribution in [2.45, 2.75) is 259 Å². The molecule has 0 bridgehead atoms. The fourth-order valence-electron chi connectivity index (χ4n) is 7.84. The number of rotatable bonds is 43. The van der Waals surface area contributed by atoms with E-state index >= 15 is 0 Å². The van der Waals surface area contributed by atoms with Crippen LogP contribution < -0.4 is 0 Å². The average Bonchev–Trinajstić information content (AvgIpc) is 3.61. The molecule has 1 heterocycles. The second-order valence-electron chi connectivity index (χ2n) is 17.0. The second kappa shape index (κ2) is 39.9. The van der Waals surface area contributed by atoms with E-state index in [9.17, 15) is 9.59 Å². The van der Waals surface area contributed by atoms with Crippen molar-refractivity contribution >= 4 is 11.9 Å². The highest BCUT2D eigenvalue weighted by molar-refractivity contribution is 5.69. The van der Waals surface area contributed by atoms with E-state index in [2.05, 4.69) is 48.3 Å². The maximum atomic E-state index is 12.8. The molecule has 0 aliphatic heterocycles. The molecule has 0 aliphatic carbocycles. The number of ether oxygens (including phenoxy) is 2. The number of nitrogens with zero attached hydrogens (tertiary/aromatic N) is 3. The molecule has 0 amide bonds. The minimum Gasteiger partial charge on any atom is -0.466 e. The van der Waals surface area contributed by atoms with Crippen molar-refractivity contribution in [1.82, 2.24) is 14.5 Å². The number of hydrogen-bond donors (Lipinski definition) is 0. The van der Waals surface area contributed by atoms with Gasteiger partial charge in [0.15, 0.2) is 0 Å². The van der Waals surface area contributed by atoms with Gasteiger partial charge in [0.05, 0.1) is 6.61 Å². The first kappa shape index (κ1) is 52.1. The second-order valence-corrected chi connectivity index (χ2v) is 17.0. The Morgan fingerprint density at radius 2 is 0.982 bits per heavy atom. The molecule has 0 aliphatic rings. The molecule has 56 heavy (non-hydrogen) atoms. The number of imidazole rings is 1. The number of hydrogen-bond acceptors (Lipinski definition) is 6. The maximum absolute atomic E-state index is 12.8. The van der Waals surface area contributed by atoms with Gasteiger partial charge in [-0.25, -0.2) is 4.98 Å². The Labute approximate surface area is 347 Å². The van der Waals surface area contributed by atoms with E-state index < -0.39 is 0 Å². The van der Waals surface area contributed by atoms with Gasteiger partial charge in [0.1, 0.15) is 11.9 Å². The van der Waals surface area contributed by atoms with Crippen LogP contribution in [0.2, 0.25) is 0 Å². The monoisotopic (exact) mass is 788 g/mol. The standard InChI is InChI=1S/C49H93N3O4/c1-5-8-11-14-17-18-19-25-33-45-55-48(53)37-30-26-32-41-51(42-34-43-52-44-39-50-46(52)4)40-31-24-20-23-29-38-49(54)56-47(35-27-21-15-12-9-6-2)36-28-22-16-13-10-7-3/h39,44,47H,5-38,40-43,45H2,1-4H3. The third kappa shape index (κ3) is 33.1. The number of aryl methyl sites for hydroxylation is 2. The molecule has 1 aromatic rings. The summed E-state index contributed by atoms with van der Waals surface area (Å²) in [5.41, 5.74) is 0. The summed E-state index contributed by atoms with van der Waals surface area (Å²) >= 11 is 0. The first-order valence-electron chi connectivity index (χ1n) is 24.5. The highest BCUT2D eigenvalue weighted by atomic mass is 16.5. The van der Waals surface area contributed by atoms with Crippen LogP contribution in [0.4, 0.5) is 0 Å². The summed E-state index contributed by atoms with van der Waals surface area (Å²) in [5, 5.41) is 0. The van der Waals surface area contributed by atoms with Gasteiger partial charge in [-0.15, -0.1) is 0 Å². The van der Waals surface area contributed by atoms with Crippen molar-refractivity contribution in [1.29, 1.82) is 0 Å². The van der Waals surface area contributed by atoms with Gasteiger partial charge in [0.25, 0.3) is 0 Å². The molecule has 7 heteroatoms. The Morgan fingerprint density at radius 1 is 0.554 bits per heavy atom. The molecular formula is C49H93N3O4. The van der Waals surface area contributed by atoms with E-state index in [1.54, 1.807) is 0 Å². The molecule has 0 unspecified atom stereocenters. The predicted molar refractivity (Wildman–Crippen MR) is 238 cm³/mol. The number of unbranched alkanes of at least 4 members (excludes halogenated alkanes) is 24. The summed E-state index contributed by atoms with van der Waals surface area (Å²) in [6.07, 6.45) is 44.0. The normalized spacial score (nSPS) is 11.6. The topological polar surface area (TPSA) is 73.7 Å². The zero-order chi connectivity index (χ0) is 40.6. The number of esters is 2. The lowest BCUT2D eigenvalue weighted by molar-refractivity contribution is -0.150. The van der Waals surface area contributed by atoms with Crippen molar-refractivity contribution < 1.29 is 19.1 Å². The molecule has 1 rings (SSSR count). The zero-order valence-corrected chi connectivity index (χ0v) is 37.8. The van der Waals surface area contributed by atoms with E-state index in [0.29, 0.717) is 19.4 Å². The van der Waals surface area contributed by atoms with E-state index in [1.807, 2.05) is 6.20 Å². The van der Waals surface area contributed by atoms with Crippen molar-refractivity contribution in [2.24, 2.45) is 0 Å². The van der Waals surface area contributed by atoms with Gasteiger partial charge in [0, 0.05) is 31.8 Å². The predicted octanol–water partition coefficient (Wildman–Crippen LogP) is 14.3. The van der Waals surface area contributed by atoms with Gasteiger partial charge in [-0.3, -0.25) is 9.59 Å². The van der Waals surface area contributed by atoms with E-state index in [1.165, 1.54) is 148 Å². The Bertz CT molecular complexity index is 982. The zero-order valence-electron chi connectivity index (χ0n) is 37.8.